The van der Waals surface area contributed by atoms with Gasteiger partial charge in [0.1, 0.15) is 0 Å². The maximum absolute atomic E-state index is 6.27. The number of ether oxygens (including phenoxy) is 1. The van der Waals surface area contributed by atoms with Crippen LogP contribution in [-0.4, -0.2) is 35.7 Å². The highest BCUT2D eigenvalue weighted by molar-refractivity contribution is 6.30. The van der Waals surface area contributed by atoms with Gasteiger partial charge in [0.25, 0.3) is 0 Å². The highest BCUT2D eigenvalue weighted by Gasteiger charge is 2.29. The zero-order valence-electron chi connectivity index (χ0n) is 22.3. The van der Waals surface area contributed by atoms with E-state index in [1.807, 2.05) is 31.3 Å². The molecule has 0 spiro atoms. The van der Waals surface area contributed by atoms with Gasteiger partial charge in [0.15, 0.2) is 0 Å². The maximum atomic E-state index is 6.27. The van der Waals surface area contributed by atoms with Gasteiger partial charge in [-0.15, -0.1) is 0 Å². The quantitative estimate of drug-likeness (QED) is 0.344. The Kier molecular flexibility index (Phi) is 7.31. The van der Waals surface area contributed by atoms with Crippen LogP contribution in [0.25, 0.3) is 0 Å². The molecule has 1 N–H and O–H groups in total. The number of pyridine rings is 1. The molecule has 1 fully saturated rings. The van der Waals surface area contributed by atoms with Crippen LogP contribution < -0.4 is 10.2 Å². The minimum atomic E-state index is 0.241. The van der Waals surface area contributed by atoms with Crippen LogP contribution in [0.4, 0.5) is 17.1 Å². The summed E-state index contributed by atoms with van der Waals surface area (Å²) in [5.41, 5.74) is 8.96. The average Bonchev–Trinajstić information content (AvgIpc) is 3.12. The van der Waals surface area contributed by atoms with Crippen LogP contribution in [0, 0.1) is 6.92 Å². The van der Waals surface area contributed by atoms with Crippen molar-refractivity contribution < 1.29 is 4.74 Å². The second-order valence-electron chi connectivity index (χ2n) is 10.2. The molecular formula is C32H32ClN5O. The second kappa shape index (κ2) is 11.2. The summed E-state index contributed by atoms with van der Waals surface area (Å²) < 4.78 is 5.61. The summed E-state index contributed by atoms with van der Waals surface area (Å²) in [6, 6.07) is 20.7. The minimum absolute atomic E-state index is 0.241. The third kappa shape index (κ3) is 5.54. The number of rotatable bonds is 5. The first-order valence-corrected chi connectivity index (χ1v) is 13.9. The summed E-state index contributed by atoms with van der Waals surface area (Å²) in [7, 11) is 1.80. The molecule has 7 heteroatoms. The van der Waals surface area contributed by atoms with Crippen LogP contribution in [-0.2, 0) is 11.3 Å². The molecule has 3 aromatic rings. The van der Waals surface area contributed by atoms with E-state index in [-0.39, 0.29) is 6.04 Å². The van der Waals surface area contributed by atoms with Crippen molar-refractivity contribution in [2.45, 2.75) is 51.3 Å². The van der Waals surface area contributed by atoms with Crippen molar-refractivity contribution in [3.63, 3.8) is 0 Å². The van der Waals surface area contributed by atoms with Crippen molar-refractivity contribution >= 4 is 40.1 Å². The van der Waals surface area contributed by atoms with E-state index in [9.17, 15) is 0 Å². The van der Waals surface area contributed by atoms with Crippen LogP contribution in [0.5, 0.6) is 0 Å². The van der Waals surface area contributed by atoms with Gasteiger partial charge in [-0.2, -0.15) is 0 Å². The highest BCUT2D eigenvalue weighted by Crippen LogP contribution is 2.38. The van der Waals surface area contributed by atoms with Crippen LogP contribution in [0.2, 0.25) is 5.02 Å². The fourth-order valence-corrected chi connectivity index (χ4v) is 5.54. The predicted octanol–water partition coefficient (Wildman–Crippen LogP) is 7.43. The van der Waals surface area contributed by atoms with Crippen LogP contribution in [0.15, 0.2) is 100 Å². The third-order valence-electron chi connectivity index (χ3n) is 7.56. The standard InChI is InChI=1S/C32H32ClN5O/c1-21-7-10-25(20-34-21)37-28-17-30-32(18-29(28)36-24-11-15-27(39-2)16-12-24)38(26-13-8-23(33)9-14-26)31-6-4-3-5-22(31)19-35-30/h3-10,13-14,17-18,20,24,27,37H,11-12,15-16,19H2,1-2H3. The summed E-state index contributed by atoms with van der Waals surface area (Å²) in [6.45, 7) is 2.58. The van der Waals surface area contributed by atoms with E-state index in [0.29, 0.717) is 17.7 Å². The Labute approximate surface area is 234 Å². The molecule has 0 atom stereocenters. The summed E-state index contributed by atoms with van der Waals surface area (Å²) in [5, 5.41) is 4.29. The number of nitrogens with one attached hydrogen (secondary N) is 1. The van der Waals surface area contributed by atoms with Gasteiger partial charge in [-0.05, 0) is 92.8 Å². The first-order valence-electron chi connectivity index (χ1n) is 13.5. The molecule has 198 valence electrons. The van der Waals surface area contributed by atoms with E-state index in [4.69, 9.17) is 26.3 Å². The average molecular weight is 538 g/mol. The Balaban J connectivity index is 1.45. The van der Waals surface area contributed by atoms with E-state index in [0.717, 1.165) is 76.8 Å². The van der Waals surface area contributed by atoms with Gasteiger partial charge in [0.2, 0.25) is 0 Å². The molecule has 0 bridgehead atoms. The lowest BCUT2D eigenvalue weighted by atomic mass is 9.93. The number of para-hydroxylation sites is 1. The Morgan fingerprint density at radius 3 is 2.51 bits per heavy atom. The molecule has 0 saturated heterocycles. The lowest BCUT2D eigenvalue weighted by Crippen LogP contribution is -2.29. The Morgan fingerprint density at radius 2 is 1.77 bits per heavy atom. The maximum Gasteiger partial charge on any atom is 0.0841 e. The first-order chi connectivity index (χ1) is 19.1. The number of anilines is 3. The summed E-state index contributed by atoms with van der Waals surface area (Å²) >= 11 is 6.27. The number of methoxy groups -OCH3 is 1. The zero-order valence-corrected chi connectivity index (χ0v) is 23.0. The van der Waals surface area contributed by atoms with Gasteiger partial charge in [0, 0.05) is 23.5 Å². The van der Waals surface area contributed by atoms with Gasteiger partial charge in [-0.3, -0.25) is 15.0 Å². The van der Waals surface area contributed by atoms with Crippen LogP contribution in [0.1, 0.15) is 36.9 Å². The summed E-state index contributed by atoms with van der Waals surface area (Å²) in [4.78, 5) is 17.1. The van der Waals surface area contributed by atoms with E-state index in [1.165, 1.54) is 0 Å². The molecule has 2 heterocycles. The van der Waals surface area contributed by atoms with Gasteiger partial charge < -0.3 is 15.0 Å². The molecule has 0 unspecified atom stereocenters. The van der Waals surface area contributed by atoms with Crippen molar-refractivity contribution in [3.8, 4) is 0 Å². The number of aliphatic imine (C=N–C) groups is 2. The van der Waals surface area contributed by atoms with E-state index in [2.05, 4.69) is 69.8 Å². The molecule has 0 radical (unpaired) electrons. The van der Waals surface area contributed by atoms with Gasteiger partial charge in [-0.25, -0.2) is 0 Å². The molecule has 1 aliphatic heterocycles. The number of fused-ring (bicyclic) bond motifs is 2. The number of hydrogen-bond donors (Lipinski definition) is 1. The Hall–Kier alpha value is -3.74. The van der Waals surface area contributed by atoms with Crippen LogP contribution in [0.3, 0.4) is 0 Å². The molecule has 6 nitrogen and oxygen atoms in total. The smallest absolute Gasteiger partial charge is 0.0841 e. The van der Waals surface area contributed by atoms with Crippen molar-refractivity contribution in [2.24, 2.45) is 9.98 Å². The highest BCUT2D eigenvalue weighted by atomic mass is 35.5. The SMILES string of the molecule is COC1CCC(N=C2C=C3C(=NCc4ccccc4N3c3ccc(Cl)cc3)C=C2Nc2ccc(C)nc2)CC1. The van der Waals surface area contributed by atoms with Crippen LogP contribution >= 0.6 is 11.6 Å². The molecule has 1 aromatic heterocycles. The fourth-order valence-electron chi connectivity index (χ4n) is 5.41. The number of halogens is 1. The number of aromatic nitrogens is 1. The molecule has 3 aliphatic rings. The molecule has 2 aliphatic carbocycles. The van der Waals surface area contributed by atoms with Gasteiger partial charge >= 0.3 is 0 Å². The first kappa shape index (κ1) is 25.5. The largest absolute Gasteiger partial charge is 0.381 e. The molecule has 6 rings (SSSR count). The number of benzene rings is 2. The van der Waals surface area contributed by atoms with Gasteiger partial charge in [0.05, 0.1) is 59.1 Å². The topological polar surface area (TPSA) is 62.1 Å². The van der Waals surface area contributed by atoms with E-state index < -0.39 is 0 Å². The van der Waals surface area contributed by atoms with Crippen molar-refractivity contribution in [1.82, 2.24) is 4.98 Å². The second-order valence-corrected chi connectivity index (χ2v) is 10.7. The van der Waals surface area contributed by atoms with Crippen molar-refractivity contribution in [1.29, 1.82) is 0 Å². The Morgan fingerprint density at radius 1 is 0.974 bits per heavy atom. The van der Waals surface area contributed by atoms with Gasteiger partial charge in [-0.1, -0.05) is 29.8 Å². The monoisotopic (exact) mass is 537 g/mol. The lowest BCUT2D eigenvalue weighted by molar-refractivity contribution is 0.0667. The lowest BCUT2D eigenvalue weighted by Gasteiger charge is -2.31. The number of hydrogen-bond acceptors (Lipinski definition) is 6. The third-order valence-corrected chi connectivity index (χ3v) is 7.81. The molecule has 2 aromatic carbocycles. The summed E-state index contributed by atoms with van der Waals surface area (Å²) in [5.74, 6) is 0. The fraction of sp³-hybridized carbons (Fsp3) is 0.281. The predicted molar refractivity (Wildman–Crippen MR) is 160 cm³/mol. The molecular weight excluding hydrogens is 506 g/mol. The van der Waals surface area contributed by atoms with Crippen molar-refractivity contribution in [2.75, 3.05) is 17.3 Å². The minimum Gasteiger partial charge on any atom is -0.381 e. The number of allylic oxidation sites excluding steroid dienone is 2. The number of aryl methyl sites for hydroxylation is 1. The normalized spacial score (nSPS) is 21.8. The van der Waals surface area contributed by atoms with E-state index in [1.54, 1.807) is 7.11 Å². The molecule has 1 saturated carbocycles. The summed E-state index contributed by atoms with van der Waals surface area (Å²) in [6.07, 6.45) is 10.6. The molecule has 39 heavy (non-hydrogen) atoms. The van der Waals surface area contributed by atoms with E-state index >= 15 is 0 Å². The van der Waals surface area contributed by atoms with Crippen molar-refractivity contribution in [3.05, 3.63) is 107 Å². The zero-order chi connectivity index (χ0) is 26.8. The Bertz CT molecular complexity index is 1470. The molecule has 0 amide bonds. The number of nitrogens with zero attached hydrogens (tertiary/aromatic N) is 4.